The predicted octanol–water partition coefficient (Wildman–Crippen LogP) is 9.31. The summed E-state index contributed by atoms with van der Waals surface area (Å²) in [4.78, 5) is 24.4. The Balaban J connectivity index is 1.04. The zero-order valence-electron chi connectivity index (χ0n) is 25.0. The first-order valence-electron chi connectivity index (χ1n) is 15.2. The van der Waals surface area contributed by atoms with Crippen molar-refractivity contribution in [2.45, 2.75) is 70.6 Å². The van der Waals surface area contributed by atoms with Crippen molar-refractivity contribution in [1.82, 2.24) is 0 Å². The van der Waals surface area contributed by atoms with E-state index in [4.69, 9.17) is 20.0 Å². The average Bonchev–Trinajstić information content (AvgIpc) is 3.04. The molecule has 3 aromatic rings. The van der Waals surface area contributed by atoms with E-state index in [0.717, 1.165) is 61.6 Å². The number of unbranched alkanes of at least 4 members (excludes halogenated alkanes) is 6. The van der Waals surface area contributed by atoms with Gasteiger partial charge in [-0.1, -0.05) is 62.4 Å². The molecule has 0 N–H and O–H groups in total. The summed E-state index contributed by atoms with van der Waals surface area (Å²) in [6, 6.07) is 21.9. The lowest BCUT2D eigenvalue weighted by Crippen LogP contribution is -2.07. The molecule has 0 radical (unpaired) electrons. The normalized spacial score (nSPS) is 12.6. The van der Waals surface area contributed by atoms with E-state index in [-0.39, 0.29) is 23.1 Å². The first kappa shape index (κ1) is 32.8. The van der Waals surface area contributed by atoms with E-state index < -0.39 is 11.6 Å². The van der Waals surface area contributed by atoms with Crippen LogP contribution in [0.2, 0.25) is 0 Å². The summed E-state index contributed by atoms with van der Waals surface area (Å²) in [5.74, 6) is -0.776. The summed E-state index contributed by atoms with van der Waals surface area (Å²) in [6.07, 6.45) is 9.32. The number of allylic oxidation sites excluding steroid dienone is 4. The molecule has 4 rings (SSSR count). The number of halogens is 2. The monoisotopic (exact) mass is 608 g/mol. The van der Waals surface area contributed by atoms with Crippen molar-refractivity contribution < 1.29 is 27.8 Å². The van der Waals surface area contributed by atoms with Gasteiger partial charge in [-0.3, -0.25) is 9.59 Å². The molecule has 0 spiro atoms. The molecule has 1 aliphatic rings. The van der Waals surface area contributed by atoms with Crippen LogP contribution in [-0.4, -0.2) is 11.9 Å². The minimum atomic E-state index is -0.574. The molecule has 3 aromatic carbocycles. The molecule has 0 saturated carbocycles. The van der Waals surface area contributed by atoms with Gasteiger partial charge in [0.05, 0.1) is 17.2 Å². The third-order valence-electron chi connectivity index (χ3n) is 7.60. The SMILES string of the molecule is N#CC1=C(F)C=C(c2ccc(OC(=O)CCCCCCCCCC(=O)Oc3ccc(-c4ccc(C#N)c(F)c4)cc3)cc2)CC1. The highest BCUT2D eigenvalue weighted by atomic mass is 19.1. The molecule has 0 atom stereocenters. The summed E-state index contributed by atoms with van der Waals surface area (Å²) in [7, 11) is 0. The maximum absolute atomic E-state index is 13.9. The maximum Gasteiger partial charge on any atom is 0.311 e. The number of hydrogen-bond acceptors (Lipinski definition) is 6. The standard InChI is InChI=1S/C37H34F2N2O4/c38-34-22-28(10-12-30(34)24-40)26-14-18-32(19-15-26)44-36(42)8-6-4-2-1-3-5-7-9-37(43)45-33-20-16-27(17-21-33)29-11-13-31(25-41)35(39)23-29/h10,12,14-23H,1-9,11,13H2. The van der Waals surface area contributed by atoms with E-state index in [2.05, 4.69) is 0 Å². The topological polar surface area (TPSA) is 100 Å². The fraction of sp³-hybridized carbons (Fsp3) is 0.297. The van der Waals surface area contributed by atoms with E-state index in [1.807, 2.05) is 6.07 Å². The molecule has 0 amide bonds. The van der Waals surface area contributed by atoms with Crippen molar-refractivity contribution >= 4 is 17.5 Å². The Morgan fingerprint density at radius 3 is 1.64 bits per heavy atom. The fourth-order valence-corrected chi connectivity index (χ4v) is 5.05. The highest BCUT2D eigenvalue weighted by Gasteiger charge is 2.15. The molecule has 0 heterocycles. The molecule has 0 unspecified atom stereocenters. The fourth-order valence-electron chi connectivity index (χ4n) is 5.05. The Bertz CT molecular complexity index is 1650. The van der Waals surface area contributed by atoms with E-state index in [1.165, 1.54) is 18.2 Å². The van der Waals surface area contributed by atoms with Gasteiger partial charge in [0, 0.05) is 12.8 Å². The zero-order chi connectivity index (χ0) is 32.0. The molecular weight excluding hydrogens is 574 g/mol. The number of nitriles is 2. The Kier molecular flexibility index (Phi) is 12.2. The van der Waals surface area contributed by atoms with Crippen LogP contribution in [0.25, 0.3) is 16.7 Å². The predicted molar refractivity (Wildman–Crippen MR) is 167 cm³/mol. The van der Waals surface area contributed by atoms with Crippen LogP contribution >= 0.6 is 0 Å². The number of nitrogens with zero attached hydrogens (tertiary/aromatic N) is 2. The van der Waals surface area contributed by atoms with Gasteiger partial charge in [-0.2, -0.15) is 10.5 Å². The van der Waals surface area contributed by atoms with E-state index in [9.17, 15) is 18.4 Å². The smallest absolute Gasteiger partial charge is 0.311 e. The molecule has 0 saturated heterocycles. The molecule has 0 bridgehead atoms. The molecule has 45 heavy (non-hydrogen) atoms. The number of ether oxygens (including phenoxy) is 2. The van der Waals surface area contributed by atoms with Gasteiger partial charge in [0.1, 0.15) is 29.2 Å². The van der Waals surface area contributed by atoms with Crippen LogP contribution in [0.15, 0.2) is 84.2 Å². The number of hydrogen-bond donors (Lipinski definition) is 0. The van der Waals surface area contributed by atoms with Crippen LogP contribution in [0, 0.1) is 28.5 Å². The van der Waals surface area contributed by atoms with Crippen molar-refractivity contribution in [3.05, 3.63) is 101 Å². The van der Waals surface area contributed by atoms with Crippen LogP contribution in [0.5, 0.6) is 11.5 Å². The van der Waals surface area contributed by atoms with Gasteiger partial charge < -0.3 is 9.47 Å². The molecule has 0 fully saturated rings. The summed E-state index contributed by atoms with van der Waals surface area (Å²) in [5.41, 5.74) is 3.20. The molecule has 0 aromatic heterocycles. The highest BCUT2D eigenvalue weighted by molar-refractivity contribution is 5.74. The molecule has 1 aliphatic carbocycles. The van der Waals surface area contributed by atoms with Crippen LogP contribution in [0.3, 0.4) is 0 Å². The Hall–Kier alpha value is -5.08. The van der Waals surface area contributed by atoms with Gasteiger partial charge >= 0.3 is 11.9 Å². The second kappa shape index (κ2) is 16.7. The van der Waals surface area contributed by atoms with E-state index >= 15 is 0 Å². The van der Waals surface area contributed by atoms with Crippen molar-refractivity contribution in [3.63, 3.8) is 0 Å². The second-order valence-electron chi connectivity index (χ2n) is 10.9. The Morgan fingerprint density at radius 2 is 1.16 bits per heavy atom. The Morgan fingerprint density at radius 1 is 0.644 bits per heavy atom. The van der Waals surface area contributed by atoms with E-state index in [0.29, 0.717) is 42.7 Å². The van der Waals surface area contributed by atoms with Crippen LogP contribution in [0.4, 0.5) is 8.78 Å². The van der Waals surface area contributed by atoms with Crippen molar-refractivity contribution in [2.75, 3.05) is 0 Å². The van der Waals surface area contributed by atoms with Gasteiger partial charge in [-0.25, -0.2) is 8.78 Å². The molecular formula is C37H34F2N2O4. The third kappa shape index (κ3) is 9.98. The van der Waals surface area contributed by atoms with Crippen LogP contribution in [0.1, 0.15) is 81.8 Å². The first-order valence-corrected chi connectivity index (χ1v) is 15.2. The van der Waals surface area contributed by atoms with E-state index in [1.54, 1.807) is 60.7 Å². The van der Waals surface area contributed by atoms with Crippen LogP contribution < -0.4 is 9.47 Å². The number of carbonyl (C=O) groups is 2. The summed E-state index contributed by atoms with van der Waals surface area (Å²) >= 11 is 0. The summed E-state index contributed by atoms with van der Waals surface area (Å²) in [5, 5.41) is 17.8. The average molecular weight is 609 g/mol. The van der Waals surface area contributed by atoms with Gasteiger partial charge in [-0.05, 0) is 90.4 Å². The highest BCUT2D eigenvalue weighted by Crippen LogP contribution is 2.32. The lowest BCUT2D eigenvalue weighted by molar-refractivity contribution is -0.135. The number of rotatable bonds is 14. The zero-order valence-corrected chi connectivity index (χ0v) is 25.0. The summed E-state index contributed by atoms with van der Waals surface area (Å²) < 4.78 is 38.7. The molecule has 230 valence electrons. The molecule has 6 nitrogen and oxygen atoms in total. The Labute approximate surface area is 262 Å². The lowest BCUT2D eigenvalue weighted by atomic mass is 9.93. The van der Waals surface area contributed by atoms with Gasteiger partial charge in [0.25, 0.3) is 0 Å². The van der Waals surface area contributed by atoms with Crippen molar-refractivity contribution in [3.8, 4) is 34.8 Å². The van der Waals surface area contributed by atoms with Crippen molar-refractivity contribution in [1.29, 1.82) is 10.5 Å². The van der Waals surface area contributed by atoms with Gasteiger partial charge in [0.2, 0.25) is 0 Å². The second-order valence-corrected chi connectivity index (χ2v) is 10.9. The van der Waals surface area contributed by atoms with Crippen molar-refractivity contribution in [2.24, 2.45) is 0 Å². The third-order valence-corrected chi connectivity index (χ3v) is 7.60. The molecule has 8 heteroatoms. The summed E-state index contributed by atoms with van der Waals surface area (Å²) in [6.45, 7) is 0. The minimum Gasteiger partial charge on any atom is -0.427 e. The number of benzene rings is 3. The minimum absolute atomic E-state index is 0.00743. The lowest BCUT2D eigenvalue weighted by Gasteiger charge is -2.13. The quantitative estimate of drug-likeness (QED) is 0.103. The van der Waals surface area contributed by atoms with Gasteiger partial charge in [0.15, 0.2) is 0 Å². The largest absolute Gasteiger partial charge is 0.427 e. The number of esters is 2. The van der Waals surface area contributed by atoms with Gasteiger partial charge in [-0.15, -0.1) is 0 Å². The maximum atomic E-state index is 13.9. The first-order chi connectivity index (χ1) is 21.9. The molecule has 0 aliphatic heterocycles. The van der Waals surface area contributed by atoms with Crippen LogP contribution in [-0.2, 0) is 9.59 Å². The number of carbonyl (C=O) groups excluding carboxylic acids is 2.